The van der Waals surface area contributed by atoms with Crippen molar-refractivity contribution in [1.29, 1.82) is 0 Å². The Hall–Kier alpha value is -2.28. The van der Waals surface area contributed by atoms with Crippen LogP contribution in [0.15, 0.2) is 72.8 Å². The predicted molar refractivity (Wildman–Crippen MR) is 180 cm³/mol. The molecule has 1 aliphatic rings. The SMILES string of the molecule is CC(C)Oc1cccc(CC(=O)N(CCO)CC(CCN2CCC(Cc3ccccc3)CC2)c2ccc(Cl)c(Cl)c2)c1.Cl. The summed E-state index contributed by atoms with van der Waals surface area (Å²) in [5.74, 6) is 1.52. The maximum atomic E-state index is 13.5. The molecule has 3 aromatic carbocycles. The summed E-state index contributed by atoms with van der Waals surface area (Å²) < 4.78 is 5.82. The summed E-state index contributed by atoms with van der Waals surface area (Å²) in [7, 11) is 0. The van der Waals surface area contributed by atoms with Crippen molar-refractivity contribution in [2.75, 3.05) is 39.3 Å². The molecular weight excluding hydrogens is 603 g/mol. The predicted octanol–water partition coefficient (Wildman–Crippen LogP) is 7.69. The zero-order valence-electron chi connectivity index (χ0n) is 25.3. The molecule has 0 aliphatic carbocycles. The second-order valence-electron chi connectivity index (χ2n) is 11.7. The van der Waals surface area contributed by atoms with E-state index in [9.17, 15) is 9.90 Å². The normalized spacial score (nSPS) is 14.7. The Morgan fingerprint density at radius 2 is 1.70 bits per heavy atom. The number of carbonyl (C=O) groups excluding carboxylic acids is 1. The molecule has 1 unspecified atom stereocenters. The maximum absolute atomic E-state index is 13.5. The van der Waals surface area contributed by atoms with Gasteiger partial charge in [-0.2, -0.15) is 0 Å². The van der Waals surface area contributed by atoms with E-state index in [1.165, 1.54) is 18.4 Å². The van der Waals surface area contributed by atoms with Gasteiger partial charge in [-0.25, -0.2) is 0 Å². The molecule has 0 aromatic heterocycles. The van der Waals surface area contributed by atoms with Gasteiger partial charge in [-0.1, -0.05) is 71.7 Å². The number of hydrogen-bond acceptors (Lipinski definition) is 4. The highest BCUT2D eigenvalue weighted by Gasteiger charge is 2.24. The van der Waals surface area contributed by atoms with Gasteiger partial charge in [0.2, 0.25) is 5.91 Å². The molecule has 3 aromatic rings. The van der Waals surface area contributed by atoms with Gasteiger partial charge >= 0.3 is 0 Å². The fourth-order valence-electron chi connectivity index (χ4n) is 5.82. The monoisotopic (exact) mass is 646 g/mol. The van der Waals surface area contributed by atoms with Gasteiger partial charge in [-0.3, -0.25) is 4.79 Å². The zero-order valence-corrected chi connectivity index (χ0v) is 27.6. The van der Waals surface area contributed by atoms with Crippen molar-refractivity contribution in [3.63, 3.8) is 0 Å². The third-order valence-corrected chi connectivity index (χ3v) is 8.81. The minimum Gasteiger partial charge on any atom is -0.491 e. The molecule has 0 saturated carbocycles. The molecule has 0 radical (unpaired) electrons. The van der Waals surface area contributed by atoms with E-state index in [0.717, 1.165) is 55.3 Å². The third kappa shape index (κ3) is 11.3. The first-order chi connectivity index (χ1) is 20.3. The Kier molecular flexibility index (Phi) is 14.6. The topological polar surface area (TPSA) is 53.0 Å². The maximum Gasteiger partial charge on any atom is 0.227 e. The van der Waals surface area contributed by atoms with E-state index in [4.69, 9.17) is 27.9 Å². The van der Waals surface area contributed by atoms with Gasteiger partial charge < -0.3 is 19.6 Å². The molecular formula is C35H45Cl3N2O3. The molecule has 1 heterocycles. The number of aliphatic hydroxyl groups is 1. The van der Waals surface area contributed by atoms with Crippen LogP contribution in [0.2, 0.25) is 10.0 Å². The molecule has 234 valence electrons. The van der Waals surface area contributed by atoms with Crippen LogP contribution >= 0.6 is 35.6 Å². The van der Waals surface area contributed by atoms with Gasteiger partial charge in [0, 0.05) is 19.0 Å². The Bertz CT molecular complexity index is 1270. The smallest absolute Gasteiger partial charge is 0.227 e. The molecule has 1 fully saturated rings. The minimum absolute atomic E-state index is 0. The minimum atomic E-state index is -0.0920. The lowest BCUT2D eigenvalue weighted by Gasteiger charge is -2.34. The average molecular weight is 648 g/mol. The van der Waals surface area contributed by atoms with Crippen LogP contribution in [0.4, 0.5) is 0 Å². The van der Waals surface area contributed by atoms with Gasteiger partial charge in [-0.15, -0.1) is 12.4 Å². The summed E-state index contributed by atoms with van der Waals surface area (Å²) >= 11 is 12.7. The second kappa shape index (κ2) is 17.9. The van der Waals surface area contributed by atoms with Crippen molar-refractivity contribution < 1.29 is 14.6 Å². The van der Waals surface area contributed by atoms with Crippen LogP contribution < -0.4 is 4.74 Å². The fraction of sp³-hybridized carbons (Fsp3) is 0.457. The number of hydrogen-bond donors (Lipinski definition) is 1. The first kappa shape index (κ1) is 35.2. The van der Waals surface area contributed by atoms with E-state index in [1.807, 2.05) is 56.3 Å². The molecule has 1 aliphatic heterocycles. The average Bonchev–Trinajstić information content (AvgIpc) is 2.97. The second-order valence-corrected chi connectivity index (χ2v) is 12.5. The van der Waals surface area contributed by atoms with E-state index >= 15 is 0 Å². The van der Waals surface area contributed by atoms with Gasteiger partial charge in [0.1, 0.15) is 5.75 Å². The van der Waals surface area contributed by atoms with Gasteiger partial charge in [0.05, 0.1) is 29.2 Å². The van der Waals surface area contributed by atoms with Crippen molar-refractivity contribution in [3.8, 4) is 5.75 Å². The quantitative estimate of drug-likeness (QED) is 0.195. The Morgan fingerprint density at radius 3 is 2.37 bits per heavy atom. The Balaban J connectivity index is 0.00000506. The van der Waals surface area contributed by atoms with Crippen LogP contribution in [0.1, 0.15) is 55.7 Å². The Labute approximate surface area is 273 Å². The number of amides is 1. The number of rotatable bonds is 14. The molecule has 43 heavy (non-hydrogen) atoms. The van der Waals surface area contributed by atoms with Crippen molar-refractivity contribution >= 4 is 41.5 Å². The van der Waals surface area contributed by atoms with Crippen molar-refractivity contribution in [2.24, 2.45) is 5.92 Å². The van der Waals surface area contributed by atoms with Gasteiger partial charge in [0.15, 0.2) is 0 Å². The highest BCUT2D eigenvalue weighted by atomic mass is 35.5. The lowest BCUT2D eigenvalue weighted by atomic mass is 9.89. The zero-order chi connectivity index (χ0) is 29.9. The van der Waals surface area contributed by atoms with Gasteiger partial charge in [0.25, 0.3) is 0 Å². The highest BCUT2D eigenvalue weighted by molar-refractivity contribution is 6.42. The van der Waals surface area contributed by atoms with E-state index in [0.29, 0.717) is 16.6 Å². The molecule has 8 heteroatoms. The number of carbonyl (C=O) groups is 1. The first-order valence-electron chi connectivity index (χ1n) is 15.2. The summed E-state index contributed by atoms with van der Waals surface area (Å²) in [5.41, 5.74) is 3.38. The number of ether oxygens (including phenoxy) is 1. The van der Waals surface area contributed by atoms with Crippen LogP contribution in [0.25, 0.3) is 0 Å². The number of benzene rings is 3. The number of piperidine rings is 1. The van der Waals surface area contributed by atoms with E-state index in [2.05, 4.69) is 35.2 Å². The number of nitrogens with zero attached hydrogens (tertiary/aromatic N) is 2. The summed E-state index contributed by atoms with van der Waals surface area (Å²) in [6.45, 7) is 7.77. The molecule has 1 atom stereocenters. The number of aliphatic hydroxyl groups excluding tert-OH is 1. The lowest BCUT2D eigenvalue weighted by Crippen LogP contribution is -2.39. The molecule has 1 saturated heterocycles. The number of halogens is 3. The van der Waals surface area contributed by atoms with E-state index in [1.54, 1.807) is 4.90 Å². The molecule has 5 nitrogen and oxygen atoms in total. The summed E-state index contributed by atoms with van der Waals surface area (Å²) in [6.07, 6.45) is 4.73. The Morgan fingerprint density at radius 1 is 0.977 bits per heavy atom. The summed E-state index contributed by atoms with van der Waals surface area (Å²) in [6, 6.07) is 24.2. The summed E-state index contributed by atoms with van der Waals surface area (Å²) in [4.78, 5) is 17.9. The lowest BCUT2D eigenvalue weighted by molar-refractivity contribution is -0.131. The standard InChI is InChI=1S/C35H44Cl2N2O3.ClH/c1-26(2)42-32-10-6-9-29(22-32)23-35(41)39(19-20-40)25-31(30-11-12-33(36)34(37)24-30)15-18-38-16-13-28(14-17-38)21-27-7-4-3-5-8-27;/h3-12,22,24,26,28,31,40H,13-21,23,25H2,1-2H3;1H. The summed E-state index contributed by atoms with van der Waals surface area (Å²) in [5, 5.41) is 10.9. The van der Waals surface area contributed by atoms with Crippen molar-refractivity contribution in [3.05, 3.63) is 99.5 Å². The molecule has 0 spiro atoms. The van der Waals surface area contributed by atoms with Crippen LogP contribution in [-0.4, -0.2) is 66.2 Å². The largest absolute Gasteiger partial charge is 0.491 e. The van der Waals surface area contributed by atoms with E-state index < -0.39 is 0 Å². The third-order valence-electron chi connectivity index (χ3n) is 8.07. The van der Waals surface area contributed by atoms with Crippen LogP contribution in [0, 0.1) is 5.92 Å². The van der Waals surface area contributed by atoms with Crippen LogP contribution in [-0.2, 0) is 17.6 Å². The van der Waals surface area contributed by atoms with Crippen molar-refractivity contribution in [2.45, 2.75) is 58.0 Å². The van der Waals surface area contributed by atoms with Gasteiger partial charge in [-0.05, 0) is 106 Å². The van der Waals surface area contributed by atoms with Crippen LogP contribution in [0.5, 0.6) is 5.75 Å². The number of likely N-dealkylation sites (tertiary alicyclic amines) is 1. The molecule has 1 amide bonds. The molecule has 0 bridgehead atoms. The van der Waals surface area contributed by atoms with Crippen molar-refractivity contribution in [1.82, 2.24) is 9.80 Å². The molecule has 4 rings (SSSR count). The fourth-order valence-corrected chi connectivity index (χ4v) is 6.13. The molecule has 1 N–H and O–H groups in total. The first-order valence-corrected chi connectivity index (χ1v) is 15.9. The van der Waals surface area contributed by atoms with E-state index in [-0.39, 0.29) is 49.9 Å². The highest BCUT2D eigenvalue weighted by Crippen LogP contribution is 2.30. The van der Waals surface area contributed by atoms with Crippen LogP contribution in [0.3, 0.4) is 0 Å².